The van der Waals surface area contributed by atoms with Crippen LogP contribution in [0, 0.1) is 0 Å². The zero-order valence-corrected chi connectivity index (χ0v) is 14.0. The molecule has 0 spiro atoms. The second kappa shape index (κ2) is 7.48. The van der Waals surface area contributed by atoms with Crippen LogP contribution in [-0.2, 0) is 6.54 Å². The molecule has 2 N–H and O–H groups in total. The molecule has 112 valence electrons. The minimum Gasteiger partial charge on any atom is -0.329 e. The van der Waals surface area contributed by atoms with E-state index in [1.165, 1.54) is 0 Å². The first kappa shape index (κ1) is 16.6. The molecular formula is C16H17Cl3N2. The molecule has 0 bridgehead atoms. The second-order valence-corrected chi connectivity index (χ2v) is 6.17. The summed E-state index contributed by atoms with van der Waals surface area (Å²) in [7, 11) is 2.00. The molecule has 0 aliphatic heterocycles. The number of benzene rings is 2. The Bertz CT molecular complexity index is 616. The van der Waals surface area contributed by atoms with Crippen LogP contribution in [0.4, 0.5) is 0 Å². The molecule has 0 saturated carbocycles. The van der Waals surface area contributed by atoms with Gasteiger partial charge in [-0.15, -0.1) is 0 Å². The van der Waals surface area contributed by atoms with Crippen LogP contribution in [0.5, 0.6) is 0 Å². The average molecular weight is 344 g/mol. The summed E-state index contributed by atoms with van der Waals surface area (Å²) in [6.07, 6.45) is 0. The van der Waals surface area contributed by atoms with E-state index in [0.29, 0.717) is 23.1 Å². The van der Waals surface area contributed by atoms with Gasteiger partial charge in [-0.1, -0.05) is 53.0 Å². The van der Waals surface area contributed by atoms with Crippen LogP contribution in [0.1, 0.15) is 17.2 Å². The van der Waals surface area contributed by atoms with Crippen LogP contribution in [0.15, 0.2) is 42.5 Å². The maximum atomic E-state index is 6.28. The van der Waals surface area contributed by atoms with Crippen molar-refractivity contribution in [2.45, 2.75) is 12.6 Å². The Morgan fingerprint density at radius 2 is 1.76 bits per heavy atom. The highest BCUT2D eigenvalue weighted by molar-refractivity contribution is 6.33. The average Bonchev–Trinajstić information content (AvgIpc) is 2.46. The second-order valence-electron chi connectivity index (χ2n) is 4.92. The van der Waals surface area contributed by atoms with Gasteiger partial charge in [0, 0.05) is 34.2 Å². The molecule has 0 saturated heterocycles. The van der Waals surface area contributed by atoms with Crippen molar-refractivity contribution in [1.82, 2.24) is 4.90 Å². The van der Waals surface area contributed by atoms with Gasteiger partial charge in [-0.05, 0) is 42.4 Å². The lowest BCUT2D eigenvalue weighted by molar-refractivity contribution is 0.242. The fourth-order valence-corrected chi connectivity index (χ4v) is 2.94. The lowest BCUT2D eigenvalue weighted by Gasteiger charge is -2.28. The molecule has 0 aliphatic carbocycles. The molecule has 0 fully saturated rings. The molecule has 0 amide bonds. The van der Waals surface area contributed by atoms with Crippen LogP contribution < -0.4 is 5.73 Å². The third-order valence-electron chi connectivity index (χ3n) is 3.45. The molecule has 5 heteroatoms. The number of rotatable bonds is 5. The van der Waals surface area contributed by atoms with Crippen molar-refractivity contribution in [1.29, 1.82) is 0 Å². The van der Waals surface area contributed by atoms with Crippen molar-refractivity contribution < 1.29 is 0 Å². The summed E-state index contributed by atoms with van der Waals surface area (Å²) in [5.74, 6) is 0. The molecule has 2 aromatic rings. The Labute approximate surface area is 140 Å². The lowest BCUT2D eigenvalue weighted by Crippen LogP contribution is -2.30. The Kier molecular flexibility index (Phi) is 5.91. The van der Waals surface area contributed by atoms with E-state index in [1.807, 2.05) is 37.4 Å². The largest absolute Gasteiger partial charge is 0.329 e. The Morgan fingerprint density at radius 1 is 1.05 bits per heavy atom. The summed E-state index contributed by atoms with van der Waals surface area (Å²) < 4.78 is 0. The van der Waals surface area contributed by atoms with E-state index in [1.54, 1.807) is 12.1 Å². The van der Waals surface area contributed by atoms with Crippen LogP contribution in [0.2, 0.25) is 15.1 Å². The predicted octanol–water partition coefficient (Wildman–Crippen LogP) is 4.78. The monoisotopic (exact) mass is 342 g/mol. The first-order valence-electron chi connectivity index (χ1n) is 6.61. The van der Waals surface area contributed by atoms with E-state index in [0.717, 1.165) is 16.1 Å². The highest BCUT2D eigenvalue weighted by Crippen LogP contribution is 2.30. The summed E-state index contributed by atoms with van der Waals surface area (Å²) in [4.78, 5) is 2.12. The third-order valence-corrected chi connectivity index (χ3v) is 4.40. The first-order valence-corrected chi connectivity index (χ1v) is 7.75. The van der Waals surface area contributed by atoms with E-state index in [4.69, 9.17) is 40.5 Å². The maximum absolute atomic E-state index is 6.28. The molecular weight excluding hydrogens is 327 g/mol. The van der Waals surface area contributed by atoms with Crippen LogP contribution >= 0.6 is 34.8 Å². The van der Waals surface area contributed by atoms with Gasteiger partial charge < -0.3 is 5.73 Å². The summed E-state index contributed by atoms with van der Waals surface area (Å²) in [6, 6.07) is 13.2. The molecule has 0 radical (unpaired) electrons. The van der Waals surface area contributed by atoms with Crippen LogP contribution in [-0.4, -0.2) is 18.5 Å². The molecule has 1 unspecified atom stereocenters. The zero-order valence-electron chi connectivity index (χ0n) is 11.7. The van der Waals surface area contributed by atoms with E-state index >= 15 is 0 Å². The number of likely N-dealkylation sites (N-methyl/N-ethyl adjacent to an activating group) is 1. The minimum absolute atomic E-state index is 0.0209. The topological polar surface area (TPSA) is 29.3 Å². The summed E-state index contributed by atoms with van der Waals surface area (Å²) in [5.41, 5.74) is 7.93. The highest BCUT2D eigenvalue weighted by atomic mass is 35.5. The number of hydrogen-bond acceptors (Lipinski definition) is 2. The molecule has 21 heavy (non-hydrogen) atoms. The smallest absolute Gasteiger partial charge is 0.0486 e. The van der Waals surface area contributed by atoms with Crippen LogP contribution in [0.25, 0.3) is 0 Å². The van der Waals surface area contributed by atoms with Crippen molar-refractivity contribution >= 4 is 34.8 Å². The third kappa shape index (κ3) is 4.12. The molecule has 0 aliphatic rings. The fourth-order valence-electron chi connectivity index (χ4n) is 2.32. The first-order chi connectivity index (χ1) is 10.0. The molecule has 2 aromatic carbocycles. The zero-order chi connectivity index (χ0) is 15.4. The Balaban J connectivity index is 2.25. The molecule has 2 nitrogen and oxygen atoms in total. The Hall–Kier alpha value is -0.770. The van der Waals surface area contributed by atoms with Gasteiger partial charge in [0.2, 0.25) is 0 Å². The van der Waals surface area contributed by atoms with Crippen molar-refractivity contribution in [3.05, 3.63) is 68.7 Å². The van der Waals surface area contributed by atoms with E-state index < -0.39 is 0 Å². The molecule has 0 aromatic heterocycles. The molecule has 2 rings (SSSR count). The van der Waals surface area contributed by atoms with Gasteiger partial charge in [-0.3, -0.25) is 4.90 Å². The van der Waals surface area contributed by atoms with E-state index in [-0.39, 0.29) is 6.04 Å². The van der Waals surface area contributed by atoms with Crippen LogP contribution in [0.3, 0.4) is 0 Å². The van der Waals surface area contributed by atoms with E-state index in [2.05, 4.69) is 4.90 Å². The van der Waals surface area contributed by atoms with Crippen molar-refractivity contribution in [3.8, 4) is 0 Å². The van der Waals surface area contributed by atoms with Gasteiger partial charge in [0.1, 0.15) is 0 Å². The van der Waals surface area contributed by atoms with Gasteiger partial charge in [-0.25, -0.2) is 0 Å². The highest BCUT2D eigenvalue weighted by Gasteiger charge is 2.19. The van der Waals surface area contributed by atoms with Gasteiger partial charge in [0.25, 0.3) is 0 Å². The lowest BCUT2D eigenvalue weighted by atomic mass is 10.0. The van der Waals surface area contributed by atoms with Crippen molar-refractivity contribution in [3.63, 3.8) is 0 Å². The number of nitrogens with zero attached hydrogens (tertiary/aromatic N) is 1. The minimum atomic E-state index is -0.0209. The predicted molar refractivity (Wildman–Crippen MR) is 91.2 cm³/mol. The van der Waals surface area contributed by atoms with Gasteiger partial charge in [-0.2, -0.15) is 0 Å². The fraction of sp³-hybridized carbons (Fsp3) is 0.250. The quantitative estimate of drug-likeness (QED) is 0.846. The standard InChI is InChI=1S/C16H17Cl3N2/c1-21(10-11-4-2-3-5-14(11)18)16(9-20)13-8-12(17)6-7-15(13)19/h2-8,16H,9-10,20H2,1H3. The van der Waals surface area contributed by atoms with Crippen molar-refractivity contribution in [2.75, 3.05) is 13.6 Å². The van der Waals surface area contributed by atoms with Gasteiger partial charge >= 0.3 is 0 Å². The SMILES string of the molecule is CN(Cc1ccccc1Cl)C(CN)c1cc(Cl)ccc1Cl. The number of halogens is 3. The molecule has 1 atom stereocenters. The van der Waals surface area contributed by atoms with Gasteiger partial charge in [0.05, 0.1) is 0 Å². The van der Waals surface area contributed by atoms with Crippen molar-refractivity contribution in [2.24, 2.45) is 5.73 Å². The maximum Gasteiger partial charge on any atom is 0.0486 e. The normalized spacial score (nSPS) is 12.7. The number of nitrogens with two attached hydrogens (primary N) is 1. The summed E-state index contributed by atoms with van der Waals surface area (Å²) >= 11 is 18.6. The molecule has 0 heterocycles. The summed E-state index contributed by atoms with van der Waals surface area (Å²) in [6.45, 7) is 1.13. The van der Waals surface area contributed by atoms with Gasteiger partial charge in [0.15, 0.2) is 0 Å². The van der Waals surface area contributed by atoms with E-state index in [9.17, 15) is 0 Å². The number of hydrogen-bond donors (Lipinski definition) is 1. The summed E-state index contributed by atoms with van der Waals surface area (Å²) in [5, 5.41) is 2.07. The Morgan fingerprint density at radius 3 is 2.43 bits per heavy atom.